The molecule has 8 heteroatoms. The van der Waals surface area contributed by atoms with Crippen LogP contribution in [0, 0.1) is 0 Å². The van der Waals surface area contributed by atoms with Gasteiger partial charge in [0.05, 0.1) is 18.1 Å². The van der Waals surface area contributed by atoms with E-state index in [9.17, 15) is 9.90 Å². The fourth-order valence-corrected chi connectivity index (χ4v) is 2.73. The number of amides is 1. The number of aromatic hydroxyl groups is 1. The first kappa shape index (κ1) is 15.7. The normalized spacial score (nSPS) is 11.0. The number of methoxy groups -OCH3 is 1. The number of carbonyl (C=O) groups excluding carboxylic acids is 1. The predicted molar refractivity (Wildman–Crippen MR) is 95.8 cm³/mol. The van der Waals surface area contributed by atoms with Crippen molar-refractivity contribution in [1.29, 1.82) is 0 Å². The molecule has 26 heavy (non-hydrogen) atoms. The summed E-state index contributed by atoms with van der Waals surface area (Å²) in [5, 5.41) is 17.5. The number of primary amides is 1. The molecule has 0 atom stereocenters. The van der Waals surface area contributed by atoms with Crippen LogP contribution < -0.4 is 10.5 Å². The van der Waals surface area contributed by atoms with Gasteiger partial charge in [0.1, 0.15) is 11.4 Å². The molecule has 2 heterocycles. The molecule has 2 aromatic carbocycles. The van der Waals surface area contributed by atoms with E-state index in [-0.39, 0.29) is 5.75 Å². The zero-order chi connectivity index (χ0) is 18.3. The van der Waals surface area contributed by atoms with Gasteiger partial charge in [0.25, 0.3) is 0 Å². The van der Waals surface area contributed by atoms with Gasteiger partial charge in [-0.2, -0.15) is 5.10 Å². The van der Waals surface area contributed by atoms with Gasteiger partial charge in [-0.1, -0.05) is 12.1 Å². The third-order valence-electron chi connectivity index (χ3n) is 4.11. The molecule has 0 saturated heterocycles. The SMILES string of the molecule is COc1ccc2nc(-c3n[nH]c(-c4ccc(C(N)=O)cc4)c3O)[nH]c2c1. The van der Waals surface area contributed by atoms with Crippen LogP contribution in [0.2, 0.25) is 0 Å². The number of aromatic amines is 2. The maximum Gasteiger partial charge on any atom is 0.248 e. The summed E-state index contributed by atoms with van der Waals surface area (Å²) in [5.41, 5.74) is 8.53. The Morgan fingerprint density at radius 1 is 1.19 bits per heavy atom. The highest BCUT2D eigenvalue weighted by Gasteiger charge is 2.18. The molecule has 0 aliphatic rings. The molecule has 0 bridgehead atoms. The first-order chi connectivity index (χ1) is 12.6. The standard InChI is InChI=1S/C18H15N5O3/c1-26-11-6-7-12-13(8-11)21-18(20-12)15-16(24)14(22-23-15)9-2-4-10(5-3-9)17(19)25/h2-8,24H,1H3,(H2,19,25)(H,20,21)(H,22,23). The minimum Gasteiger partial charge on any atom is -0.504 e. The molecule has 130 valence electrons. The summed E-state index contributed by atoms with van der Waals surface area (Å²) >= 11 is 0. The Morgan fingerprint density at radius 2 is 1.96 bits per heavy atom. The lowest BCUT2D eigenvalue weighted by Crippen LogP contribution is -2.10. The van der Waals surface area contributed by atoms with Gasteiger partial charge in [0.2, 0.25) is 5.91 Å². The molecule has 4 rings (SSSR count). The van der Waals surface area contributed by atoms with Gasteiger partial charge >= 0.3 is 0 Å². The van der Waals surface area contributed by atoms with Crippen LogP contribution in [-0.2, 0) is 0 Å². The van der Waals surface area contributed by atoms with Gasteiger partial charge < -0.3 is 20.6 Å². The number of rotatable bonds is 4. The Morgan fingerprint density at radius 3 is 2.65 bits per heavy atom. The van der Waals surface area contributed by atoms with Crippen molar-refractivity contribution in [3.63, 3.8) is 0 Å². The van der Waals surface area contributed by atoms with E-state index in [1.54, 1.807) is 31.4 Å². The Hall–Kier alpha value is -3.81. The smallest absolute Gasteiger partial charge is 0.248 e. The number of aromatic nitrogens is 4. The van der Waals surface area contributed by atoms with Crippen molar-refractivity contribution >= 4 is 16.9 Å². The van der Waals surface area contributed by atoms with Gasteiger partial charge in [-0.15, -0.1) is 0 Å². The highest BCUT2D eigenvalue weighted by molar-refractivity contribution is 5.93. The number of nitrogens with one attached hydrogen (secondary N) is 2. The predicted octanol–water partition coefficient (Wildman–Crippen LogP) is 2.43. The molecule has 0 saturated carbocycles. The Labute approximate surface area is 147 Å². The van der Waals surface area contributed by atoms with E-state index in [1.165, 1.54) is 0 Å². The molecule has 0 aliphatic heterocycles. The average molecular weight is 349 g/mol. The van der Waals surface area contributed by atoms with Crippen LogP contribution in [0.3, 0.4) is 0 Å². The fourth-order valence-electron chi connectivity index (χ4n) is 2.73. The zero-order valence-corrected chi connectivity index (χ0v) is 13.8. The maximum absolute atomic E-state index is 11.2. The van der Waals surface area contributed by atoms with Crippen molar-refractivity contribution in [3.05, 3.63) is 48.0 Å². The van der Waals surface area contributed by atoms with Crippen LogP contribution in [0.25, 0.3) is 33.8 Å². The number of hydrogen-bond donors (Lipinski definition) is 4. The van der Waals surface area contributed by atoms with E-state index < -0.39 is 5.91 Å². The van der Waals surface area contributed by atoms with Crippen molar-refractivity contribution in [1.82, 2.24) is 20.2 Å². The second kappa shape index (κ2) is 5.92. The quantitative estimate of drug-likeness (QED) is 0.449. The molecular formula is C18H15N5O3. The Bertz CT molecular complexity index is 1110. The minimum absolute atomic E-state index is 0.0390. The summed E-state index contributed by atoms with van der Waals surface area (Å²) in [4.78, 5) is 18.7. The summed E-state index contributed by atoms with van der Waals surface area (Å²) in [6.45, 7) is 0. The molecule has 8 nitrogen and oxygen atoms in total. The van der Waals surface area contributed by atoms with E-state index in [4.69, 9.17) is 10.5 Å². The number of carbonyl (C=O) groups is 1. The van der Waals surface area contributed by atoms with E-state index in [0.717, 1.165) is 11.0 Å². The fraction of sp³-hybridized carbons (Fsp3) is 0.0556. The lowest BCUT2D eigenvalue weighted by molar-refractivity contribution is 0.100. The summed E-state index contributed by atoms with van der Waals surface area (Å²) in [7, 11) is 1.59. The van der Waals surface area contributed by atoms with Crippen LogP contribution in [-0.4, -0.2) is 38.3 Å². The van der Waals surface area contributed by atoms with Crippen LogP contribution in [0.15, 0.2) is 42.5 Å². The zero-order valence-electron chi connectivity index (χ0n) is 13.8. The number of ether oxygens (including phenoxy) is 1. The van der Waals surface area contributed by atoms with Gasteiger partial charge in [-0.3, -0.25) is 9.89 Å². The molecular weight excluding hydrogens is 334 g/mol. The maximum atomic E-state index is 11.2. The van der Waals surface area contributed by atoms with Crippen molar-refractivity contribution < 1.29 is 14.6 Å². The van der Waals surface area contributed by atoms with E-state index in [1.807, 2.05) is 18.2 Å². The highest BCUT2D eigenvalue weighted by atomic mass is 16.5. The number of nitrogens with two attached hydrogens (primary N) is 1. The third-order valence-corrected chi connectivity index (χ3v) is 4.11. The topological polar surface area (TPSA) is 130 Å². The van der Waals surface area contributed by atoms with Crippen molar-refractivity contribution in [3.8, 4) is 34.3 Å². The molecule has 0 aliphatic carbocycles. The molecule has 0 fully saturated rings. The Kier molecular flexibility index (Phi) is 3.58. The molecule has 0 unspecified atom stereocenters. The highest BCUT2D eigenvalue weighted by Crippen LogP contribution is 2.35. The first-order valence-electron chi connectivity index (χ1n) is 7.78. The lowest BCUT2D eigenvalue weighted by Gasteiger charge is -2.00. The number of benzene rings is 2. The van der Waals surface area contributed by atoms with Gasteiger partial charge in [0, 0.05) is 17.2 Å². The van der Waals surface area contributed by atoms with E-state index >= 15 is 0 Å². The van der Waals surface area contributed by atoms with Gasteiger partial charge in [-0.25, -0.2) is 4.98 Å². The number of imidazole rings is 1. The summed E-state index contributed by atoms with van der Waals surface area (Å²) < 4.78 is 5.20. The van der Waals surface area contributed by atoms with Crippen molar-refractivity contribution in [2.24, 2.45) is 5.73 Å². The summed E-state index contributed by atoms with van der Waals surface area (Å²) in [5.74, 6) is 0.586. The summed E-state index contributed by atoms with van der Waals surface area (Å²) in [6, 6.07) is 12.0. The molecule has 4 aromatic rings. The van der Waals surface area contributed by atoms with Crippen LogP contribution in [0.4, 0.5) is 0 Å². The average Bonchev–Trinajstić information content (AvgIpc) is 3.24. The van der Waals surface area contributed by atoms with Gasteiger partial charge in [-0.05, 0) is 24.3 Å². The minimum atomic E-state index is -0.510. The molecule has 0 radical (unpaired) electrons. The molecule has 5 N–H and O–H groups in total. The van der Waals surface area contributed by atoms with E-state index in [0.29, 0.717) is 34.1 Å². The van der Waals surface area contributed by atoms with Crippen LogP contribution >= 0.6 is 0 Å². The molecule has 1 amide bonds. The van der Waals surface area contributed by atoms with Gasteiger partial charge in [0.15, 0.2) is 17.3 Å². The van der Waals surface area contributed by atoms with Crippen molar-refractivity contribution in [2.75, 3.05) is 7.11 Å². The van der Waals surface area contributed by atoms with E-state index in [2.05, 4.69) is 20.2 Å². The number of H-pyrrole nitrogens is 2. The monoisotopic (exact) mass is 349 g/mol. The number of nitrogens with zero attached hydrogens (tertiary/aromatic N) is 2. The first-order valence-corrected chi connectivity index (χ1v) is 7.78. The van der Waals surface area contributed by atoms with Crippen molar-refractivity contribution in [2.45, 2.75) is 0 Å². The second-order valence-corrected chi connectivity index (χ2v) is 5.71. The summed E-state index contributed by atoms with van der Waals surface area (Å²) in [6.07, 6.45) is 0. The Balaban J connectivity index is 1.74. The number of hydrogen-bond acceptors (Lipinski definition) is 5. The lowest BCUT2D eigenvalue weighted by atomic mass is 10.1. The van der Waals surface area contributed by atoms with Crippen LogP contribution in [0.5, 0.6) is 11.5 Å². The van der Waals surface area contributed by atoms with Crippen LogP contribution in [0.1, 0.15) is 10.4 Å². The largest absolute Gasteiger partial charge is 0.504 e. The molecule has 0 spiro atoms. The third kappa shape index (κ3) is 2.53. The number of fused-ring (bicyclic) bond motifs is 1. The second-order valence-electron chi connectivity index (χ2n) is 5.71. The molecule has 2 aromatic heterocycles.